The Bertz CT molecular complexity index is 4210. The molecule has 0 aliphatic carbocycles. The maximum Gasteiger partial charge on any atom is 1.00 e. The first-order valence-corrected chi connectivity index (χ1v) is 39.4. The average Bonchev–Trinajstić information content (AvgIpc) is 1.64. The van der Waals surface area contributed by atoms with Gasteiger partial charge in [-0.25, -0.2) is 0 Å². The van der Waals surface area contributed by atoms with Gasteiger partial charge in [0.1, 0.15) is 12.3 Å². The van der Waals surface area contributed by atoms with E-state index in [0.717, 1.165) is 41.1 Å². The molecule has 0 aliphatic rings. The minimum atomic E-state index is -0.783. The maximum atomic E-state index is 7.14. The fourth-order valence-corrected chi connectivity index (χ4v) is 25.6. The molecule has 0 radical (unpaired) electrons. The van der Waals surface area contributed by atoms with Gasteiger partial charge >= 0.3 is 89.5 Å². The Hall–Kier alpha value is -6.00. The van der Waals surface area contributed by atoms with E-state index in [4.69, 9.17) is 25.7 Å². The second kappa shape index (κ2) is 40.8. The second-order valence-corrected chi connectivity index (χ2v) is 34.7. The van der Waals surface area contributed by atoms with Crippen LogP contribution in [0.4, 0.5) is 0 Å². The van der Waals surface area contributed by atoms with Gasteiger partial charge in [0.15, 0.2) is 0 Å². The minimum Gasteiger partial charge on any atom is -0.366 e. The van der Waals surface area contributed by atoms with Crippen molar-refractivity contribution >= 4 is 137 Å². The number of hydrogen-bond acceptors (Lipinski definition) is 2. The summed E-state index contributed by atoms with van der Waals surface area (Å²) in [6.45, 7) is 0. The molecule has 0 atom stereocenters. The van der Waals surface area contributed by atoms with E-state index < -0.39 is 31.7 Å². The van der Waals surface area contributed by atoms with Gasteiger partial charge in [-0.3, -0.25) is 23.7 Å². The molecule has 0 nitrogen and oxygen atoms in total. The Balaban J connectivity index is 0.000000183. The molecule has 0 unspecified atom stereocenters. The topological polar surface area (TPSA) is 0 Å². The summed E-state index contributed by atoms with van der Waals surface area (Å²) >= 11 is 3.35. The molecule has 0 bridgehead atoms. The predicted molar refractivity (Wildman–Crippen MR) is 414 cm³/mol. The van der Waals surface area contributed by atoms with Gasteiger partial charge in [-0.2, -0.15) is 0 Å². The molecule has 14 aromatic rings. The van der Waals surface area contributed by atoms with E-state index in [1.165, 1.54) is 101 Å². The molecule has 0 amide bonds. The normalized spacial score (nSPS) is 10.3. The van der Waals surface area contributed by atoms with E-state index in [1.807, 2.05) is 72.8 Å². The Morgan fingerprint density at radius 2 is 0.385 bits per heavy atom. The molecule has 2 aromatic heterocycles. The van der Waals surface area contributed by atoms with Crippen molar-refractivity contribution in [3.63, 3.8) is 0 Å². The zero-order valence-corrected chi connectivity index (χ0v) is 66.6. The van der Waals surface area contributed by atoms with Gasteiger partial charge in [0.2, 0.25) is 0 Å². The molecule has 0 aliphatic heterocycles. The molecule has 10 heteroatoms. The van der Waals surface area contributed by atoms with Gasteiger partial charge in [0.25, 0.3) is 0 Å². The summed E-state index contributed by atoms with van der Waals surface area (Å²) in [7, 11) is -3.00. The van der Waals surface area contributed by atoms with Crippen LogP contribution < -0.4 is 42.4 Å². The summed E-state index contributed by atoms with van der Waals surface area (Å²) in [5.41, 5.74) is 3.18. The van der Waals surface area contributed by atoms with Crippen molar-refractivity contribution in [3.8, 4) is 23.7 Å². The van der Waals surface area contributed by atoms with Crippen LogP contribution in [0.3, 0.4) is 0 Å². The van der Waals surface area contributed by atoms with E-state index in [2.05, 4.69) is 266 Å². The third-order valence-electron chi connectivity index (χ3n) is 16.2. The molecular weight excluding hydrogens is 2010 g/mol. The summed E-state index contributed by atoms with van der Waals surface area (Å²) < 4.78 is 4.61. The number of rotatable bonds is 16. The second-order valence-electron chi connectivity index (χ2n) is 22.1. The van der Waals surface area contributed by atoms with Crippen molar-refractivity contribution in [2.75, 3.05) is 24.6 Å². The summed E-state index contributed by atoms with van der Waals surface area (Å²) in [6.07, 6.45) is 36.3. The molecule has 0 fully saturated rings. The van der Waals surface area contributed by atoms with E-state index in [0.29, 0.717) is 0 Å². The molecule has 0 N–H and O–H groups in total. The standard InChI is InChI=1S/C28H28P2.C26H24P2.2C16H6S.4Au/c1-5-15-25(16-6-1)29(26-17-7-2-8-18-26)23-13-14-24-30(27-19-9-3-10-20-27)28-21-11-4-12-22-28;1-5-13-23(14-6-1)27(24-15-7-2-8-16-24)21-22-28(25-17-9-3-10-18-25)26-19-11-4-12-20-26;2*1-3-11-5-7-13-14-8-6-12(4-2)10-16(14)17-15(13)9-11;;;;/h1-12,15-22H,13-14,23-24H2;1-20H,21-22H2;2*5-10H;;;;/q;;2*-2;4*+1/p+4. The zero-order valence-electron chi connectivity index (χ0n) is 52.3. The van der Waals surface area contributed by atoms with Crippen LogP contribution in [-0.4, -0.2) is 24.6 Å². The molecule has 0 saturated heterocycles. The molecule has 0 spiro atoms. The van der Waals surface area contributed by atoms with Crippen LogP contribution in [0.25, 0.3) is 40.3 Å². The first-order valence-electron chi connectivity index (χ1n) is 31.0. The third-order valence-corrected chi connectivity index (χ3v) is 30.4. The van der Waals surface area contributed by atoms with Crippen LogP contribution >= 0.6 is 54.4 Å². The predicted octanol–water partition coefficient (Wildman–Crippen LogP) is 18.1. The molecule has 0 saturated carbocycles. The third kappa shape index (κ3) is 21.0. The van der Waals surface area contributed by atoms with Gasteiger partial charge in [0, 0.05) is 18.8 Å². The van der Waals surface area contributed by atoms with Gasteiger partial charge < -0.3 is 25.7 Å². The summed E-state index contributed by atoms with van der Waals surface area (Å²) in [4.78, 5) is 0. The summed E-state index contributed by atoms with van der Waals surface area (Å²) in [5.74, 6) is 9.60. The SMILES string of the molecule is [Au+].[Au+].[Au+].[Au+].[C-]#Cc1ccc2c(c1)sc1cc(C#[C-])ccc12.[C-]#Cc1ccc2c(c1)sc1cc(C#[C-])ccc12.c1ccc([PH+](CCCC[PH+](c2ccccc2)c2ccccc2)c2ccccc2)cc1.c1ccc([PH+](CC[PH+](c2ccccc2)c2ccccc2)c2ccccc2)cc1. The molecule has 2 heterocycles. The van der Waals surface area contributed by atoms with Crippen molar-refractivity contribution in [2.45, 2.75) is 12.8 Å². The fourth-order valence-electron chi connectivity index (χ4n) is 11.7. The van der Waals surface area contributed by atoms with Gasteiger partial charge in [-0.05, 0) is 131 Å². The molecular formula is C86H68Au4P4S2+4. The quantitative estimate of drug-likeness (QED) is 0.0297. The summed E-state index contributed by atoms with van der Waals surface area (Å²) in [5, 5.41) is 17.0. The van der Waals surface area contributed by atoms with E-state index >= 15 is 0 Å². The number of benzene rings is 12. The van der Waals surface area contributed by atoms with Crippen molar-refractivity contribution in [1.29, 1.82) is 0 Å². The van der Waals surface area contributed by atoms with Crippen molar-refractivity contribution in [1.82, 2.24) is 0 Å². The monoisotopic (exact) mass is 2080 g/mol. The molecule has 96 heavy (non-hydrogen) atoms. The van der Waals surface area contributed by atoms with E-state index in [-0.39, 0.29) is 89.5 Å². The van der Waals surface area contributed by atoms with Crippen LogP contribution in [0.5, 0.6) is 0 Å². The smallest absolute Gasteiger partial charge is 0.366 e. The molecule has 14 rings (SSSR count). The maximum absolute atomic E-state index is 7.14. The first-order chi connectivity index (χ1) is 45.5. The molecule has 484 valence electrons. The minimum absolute atomic E-state index is 0. The van der Waals surface area contributed by atoms with E-state index in [1.54, 1.807) is 22.7 Å². The summed E-state index contributed by atoms with van der Waals surface area (Å²) in [6, 6.07) is 113. The van der Waals surface area contributed by atoms with Crippen LogP contribution in [0.2, 0.25) is 0 Å². The Morgan fingerprint density at radius 3 is 0.552 bits per heavy atom. The number of hydrogen-bond donors (Lipinski definition) is 0. The Labute approximate surface area is 644 Å². The van der Waals surface area contributed by atoms with Gasteiger partial charge in [0.05, 0.1) is 86.4 Å². The number of fused-ring (bicyclic) bond motifs is 6. The van der Waals surface area contributed by atoms with Crippen LogP contribution in [0.15, 0.2) is 315 Å². The van der Waals surface area contributed by atoms with Crippen LogP contribution in [0, 0.1) is 49.4 Å². The largest absolute Gasteiger partial charge is 1.00 e. The van der Waals surface area contributed by atoms with E-state index in [9.17, 15) is 0 Å². The Morgan fingerprint density at radius 1 is 0.219 bits per heavy atom. The van der Waals surface area contributed by atoms with Crippen molar-refractivity contribution < 1.29 is 89.5 Å². The van der Waals surface area contributed by atoms with Crippen LogP contribution in [-0.2, 0) is 89.5 Å². The van der Waals surface area contributed by atoms with Crippen molar-refractivity contribution in [3.05, 3.63) is 363 Å². The van der Waals surface area contributed by atoms with Gasteiger partial charge in [-0.1, -0.05) is 170 Å². The number of thiophene rings is 2. The van der Waals surface area contributed by atoms with Gasteiger partial charge in [-0.15, -0.1) is 93.5 Å². The average molecular weight is 2080 g/mol. The van der Waals surface area contributed by atoms with Crippen molar-refractivity contribution in [2.24, 2.45) is 0 Å². The zero-order chi connectivity index (χ0) is 63.1. The Kier molecular flexibility index (Phi) is 32.9. The van der Waals surface area contributed by atoms with Crippen LogP contribution in [0.1, 0.15) is 35.1 Å². The number of unbranched alkanes of at least 4 members (excludes halogenated alkanes) is 1. The first kappa shape index (κ1) is 77.4. The fraction of sp³-hybridized carbons (Fsp3) is 0.0698. The molecule has 12 aromatic carbocycles.